The van der Waals surface area contributed by atoms with E-state index >= 15 is 0 Å². The van der Waals surface area contributed by atoms with Crippen molar-refractivity contribution in [3.05, 3.63) is 48.0 Å². The quantitative estimate of drug-likeness (QED) is 0.592. The molecule has 0 unspecified atom stereocenters. The van der Waals surface area contributed by atoms with Gasteiger partial charge in [-0.15, -0.1) is 0 Å². The highest BCUT2D eigenvalue weighted by Crippen LogP contribution is 2.31. The lowest BCUT2D eigenvalue weighted by molar-refractivity contribution is 0.0746. The summed E-state index contributed by atoms with van der Waals surface area (Å²) in [5.41, 5.74) is 1.71. The van der Waals surface area contributed by atoms with Crippen LogP contribution in [0.4, 0.5) is 5.69 Å². The van der Waals surface area contributed by atoms with Gasteiger partial charge in [0.2, 0.25) is 0 Å². The molecule has 0 spiro atoms. The zero-order valence-corrected chi connectivity index (χ0v) is 19.1. The molecular formula is C25H34N2O4. The number of rotatable bonds is 9. The van der Waals surface area contributed by atoms with E-state index in [4.69, 9.17) is 14.2 Å². The zero-order valence-electron chi connectivity index (χ0n) is 19.1. The first-order valence-corrected chi connectivity index (χ1v) is 11.1. The first kappa shape index (κ1) is 22.8. The minimum atomic E-state index is 0.0183. The van der Waals surface area contributed by atoms with Crippen LogP contribution < -0.4 is 19.1 Å². The largest absolute Gasteiger partial charge is 0.493 e. The van der Waals surface area contributed by atoms with Crippen molar-refractivity contribution in [1.29, 1.82) is 0 Å². The van der Waals surface area contributed by atoms with Gasteiger partial charge in [-0.2, -0.15) is 0 Å². The van der Waals surface area contributed by atoms with Crippen molar-refractivity contribution in [1.82, 2.24) is 4.90 Å². The molecule has 2 aromatic rings. The molecule has 0 aliphatic carbocycles. The summed E-state index contributed by atoms with van der Waals surface area (Å²) in [5, 5.41) is 0. The van der Waals surface area contributed by atoms with Gasteiger partial charge < -0.3 is 24.0 Å². The van der Waals surface area contributed by atoms with Crippen molar-refractivity contribution in [2.45, 2.75) is 27.2 Å². The van der Waals surface area contributed by atoms with Crippen LogP contribution in [0.1, 0.15) is 37.6 Å². The number of carbonyl (C=O) groups excluding carboxylic acids is 1. The van der Waals surface area contributed by atoms with Gasteiger partial charge in [0.25, 0.3) is 5.91 Å². The summed E-state index contributed by atoms with van der Waals surface area (Å²) in [7, 11) is 1.60. The Morgan fingerprint density at radius 3 is 2.39 bits per heavy atom. The summed E-state index contributed by atoms with van der Waals surface area (Å²) in [5.74, 6) is 2.76. The summed E-state index contributed by atoms with van der Waals surface area (Å²) in [6.45, 7) is 10.4. The molecule has 0 radical (unpaired) electrons. The van der Waals surface area contributed by atoms with Gasteiger partial charge in [0.15, 0.2) is 11.5 Å². The Bertz CT molecular complexity index is 860. The molecule has 0 N–H and O–H groups in total. The predicted octanol–water partition coefficient (Wildman–Crippen LogP) is 4.48. The van der Waals surface area contributed by atoms with Crippen LogP contribution in [0.25, 0.3) is 0 Å². The molecule has 31 heavy (non-hydrogen) atoms. The number of hydrogen-bond donors (Lipinski definition) is 0. The van der Waals surface area contributed by atoms with Crippen molar-refractivity contribution in [2.75, 3.05) is 51.4 Å². The lowest BCUT2D eigenvalue weighted by Gasteiger charge is -2.36. The molecule has 3 rings (SSSR count). The fraction of sp³-hybridized carbons (Fsp3) is 0.480. The highest BCUT2D eigenvalue weighted by molar-refractivity contribution is 5.95. The molecule has 1 amide bonds. The predicted molar refractivity (Wildman–Crippen MR) is 124 cm³/mol. The second-order valence-corrected chi connectivity index (χ2v) is 8.08. The smallest absolute Gasteiger partial charge is 0.254 e. The van der Waals surface area contributed by atoms with Gasteiger partial charge in [-0.25, -0.2) is 0 Å². The van der Waals surface area contributed by atoms with Crippen LogP contribution >= 0.6 is 0 Å². The molecule has 6 heteroatoms. The first-order valence-electron chi connectivity index (χ1n) is 11.1. The monoisotopic (exact) mass is 426 g/mol. The Morgan fingerprint density at radius 2 is 1.71 bits per heavy atom. The normalized spacial score (nSPS) is 14.0. The molecule has 1 heterocycles. The van der Waals surface area contributed by atoms with E-state index in [0.717, 1.165) is 30.9 Å². The van der Waals surface area contributed by atoms with Gasteiger partial charge in [-0.05, 0) is 49.6 Å². The van der Waals surface area contributed by atoms with Gasteiger partial charge in [-0.3, -0.25) is 4.79 Å². The number of carbonyl (C=O) groups is 1. The molecule has 0 atom stereocenters. The highest BCUT2D eigenvalue weighted by Gasteiger charge is 2.24. The molecule has 0 aromatic heterocycles. The van der Waals surface area contributed by atoms with E-state index in [9.17, 15) is 4.79 Å². The average molecular weight is 427 g/mol. The van der Waals surface area contributed by atoms with Gasteiger partial charge in [0, 0.05) is 31.7 Å². The van der Waals surface area contributed by atoms with E-state index in [1.165, 1.54) is 0 Å². The number of nitrogens with zero attached hydrogens (tertiary/aromatic N) is 2. The molecule has 0 bridgehead atoms. The minimum Gasteiger partial charge on any atom is -0.493 e. The summed E-state index contributed by atoms with van der Waals surface area (Å²) < 4.78 is 17.1. The molecule has 0 saturated carbocycles. The van der Waals surface area contributed by atoms with Crippen molar-refractivity contribution >= 4 is 11.6 Å². The molecule has 1 fully saturated rings. The van der Waals surface area contributed by atoms with Crippen molar-refractivity contribution in [2.24, 2.45) is 5.92 Å². The fourth-order valence-corrected chi connectivity index (χ4v) is 3.65. The number of methoxy groups -OCH3 is 1. The van der Waals surface area contributed by atoms with E-state index in [0.29, 0.717) is 49.3 Å². The number of ether oxygens (including phenoxy) is 3. The van der Waals surface area contributed by atoms with Gasteiger partial charge in [0.05, 0.1) is 26.0 Å². The van der Waals surface area contributed by atoms with Crippen LogP contribution in [-0.2, 0) is 0 Å². The van der Waals surface area contributed by atoms with Crippen molar-refractivity contribution < 1.29 is 19.0 Å². The van der Waals surface area contributed by atoms with Crippen LogP contribution in [0.3, 0.4) is 0 Å². The van der Waals surface area contributed by atoms with Crippen molar-refractivity contribution in [3.63, 3.8) is 0 Å². The molecule has 1 aliphatic rings. The lowest BCUT2D eigenvalue weighted by atomic mass is 10.1. The van der Waals surface area contributed by atoms with Crippen molar-refractivity contribution in [3.8, 4) is 17.2 Å². The number of amides is 1. The molecule has 1 saturated heterocycles. The van der Waals surface area contributed by atoms with Crippen LogP contribution in [0.2, 0.25) is 0 Å². The maximum Gasteiger partial charge on any atom is 0.254 e. The molecule has 168 valence electrons. The zero-order chi connectivity index (χ0) is 22.2. The third-order valence-corrected chi connectivity index (χ3v) is 5.44. The van der Waals surface area contributed by atoms with Crippen LogP contribution in [0.5, 0.6) is 17.2 Å². The molecule has 2 aromatic carbocycles. The second kappa shape index (κ2) is 10.9. The molecule has 6 nitrogen and oxygen atoms in total. The Morgan fingerprint density at radius 1 is 0.968 bits per heavy atom. The summed E-state index contributed by atoms with van der Waals surface area (Å²) in [4.78, 5) is 17.3. The number of hydrogen-bond acceptors (Lipinski definition) is 5. The Hall–Kier alpha value is -2.89. The molecular weight excluding hydrogens is 392 g/mol. The van der Waals surface area contributed by atoms with Gasteiger partial charge >= 0.3 is 0 Å². The Kier molecular flexibility index (Phi) is 8.04. The third kappa shape index (κ3) is 5.84. The van der Waals surface area contributed by atoms with E-state index in [1.807, 2.05) is 42.2 Å². The minimum absolute atomic E-state index is 0.0183. The second-order valence-electron chi connectivity index (χ2n) is 8.08. The Labute approximate surface area is 185 Å². The lowest BCUT2D eigenvalue weighted by Crippen LogP contribution is -2.48. The summed E-state index contributed by atoms with van der Waals surface area (Å²) in [6, 6.07) is 13.5. The fourth-order valence-electron chi connectivity index (χ4n) is 3.65. The standard InChI is InChI=1S/C25H34N2O4/c1-5-30-22-9-7-6-8-21(22)26-13-15-27(16-14-26)25(28)20-10-11-23(24(18-20)29-4)31-17-12-19(2)3/h6-11,18-19H,5,12-17H2,1-4H3. The number of para-hydroxylation sites is 2. The number of piperazine rings is 1. The van der Waals surface area contributed by atoms with E-state index in [1.54, 1.807) is 13.2 Å². The van der Waals surface area contributed by atoms with E-state index < -0.39 is 0 Å². The number of anilines is 1. The van der Waals surface area contributed by atoms with Crippen LogP contribution in [0.15, 0.2) is 42.5 Å². The van der Waals surface area contributed by atoms with Gasteiger partial charge in [-0.1, -0.05) is 26.0 Å². The maximum absolute atomic E-state index is 13.1. The highest BCUT2D eigenvalue weighted by atomic mass is 16.5. The number of benzene rings is 2. The Balaban J connectivity index is 1.63. The summed E-state index contributed by atoms with van der Waals surface area (Å²) in [6.07, 6.45) is 0.973. The average Bonchev–Trinajstić information content (AvgIpc) is 2.79. The molecule has 1 aliphatic heterocycles. The third-order valence-electron chi connectivity index (χ3n) is 5.44. The topological polar surface area (TPSA) is 51.2 Å². The van der Waals surface area contributed by atoms with E-state index in [2.05, 4.69) is 24.8 Å². The van der Waals surface area contributed by atoms with Crippen LogP contribution in [0, 0.1) is 5.92 Å². The van der Waals surface area contributed by atoms with E-state index in [-0.39, 0.29) is 5.91 Å². The summed E-state index contributed by atoms with van der Waals surface area (Å²) >= 11 is 0. The van der Waals surface area contributed by atoms with Crippen LogP contribution in [-0.4, -0.2) is 57.3 Å². The SMILES string of the molecule is CCOc1ccccc1N1CCN(C(=O)c2ccc(OCCC(C)C)c(OC)c2)CC1. The maximum atomic E-state index is 13.1. The van der Waals surface area contributed by atoms with Gasteiger partial charge in [0.1, 0.15) is 5.75 Å². The first-order chi connectivity index (χ1) is 15.0.